The summed E-state index contributed by atoms with van der Waals surface area (Å²) in [5, 5.41) is 10.1. The van der Waals surface area contributed by atoms with Crippen LogP contribution in [0.2, 0.25) is 0 Å². The van der Waals surface area contributed by atoms with Gasteiger partial charge < -0.3 is 0 Å². The van der Waals surface area contributed by atoms with Crippen LogP contribution in [0.25, 0.3) is 0 Å². The SMILES string of the molecule is CC(C)c1cc(C(C)C)c([Si](c2c(C(C)C)cc(C(C)C)cc2C(C)C)/[Si](c2c(C(C)C)cc(C(C)C)cc2C(C)C)=[Si](\c2c(C(C)C)cc(C(C)C)cc2C(C)C)[Si](Cl)(c2c(C(C)C)cc(C(C)C)cc2C(C)C)c2c(C(C)C)cc(C(C)C)cc2C(C)C)c(C(C)C)c1. The van der Waals surface area contributed by atoms with Crippen LogP contribution in [0, 0.1) is 0 Å². The highest BCUT2D eigenvalue weighted by Gasteiger charge is 2.53. The Kier molecular flexibility index (Phi) is 27.5. The summed E-state index contributed by atoms with van der Waals surface area (Å²) in [5.74, 6) is 5.23. The van der Waals surface area contributed by atoms with E-state index in [0.29, 0.717) is 35.5 Å². The largest absolute Gasteiger partial charge is 0.224 e. The van der Waals surface area contributed by atoms with Crippen LogP contribution in [0.15, 0.2) is 72.8 Å². The van der Waals surface area contributed by atoms with Crippen LogP contribution < -0.4 is 31.1 Å². The summed E-state index contributed by atoms with van der Waals surface area (Å²) in [6.45, 7) is 86.9. The summed E-state index contributed by atoms with van der Waals surface area (Å²) in [7, 11) is -6.39. The number of halogens is 1. The van der Waals surface area contributed by atoms with Gasteiger partial charge in [0.15, 0.2) is 0 Å². The van der Waals surface area contributed by atoms with Crippen molar-refractivity contribution >= 4 is 72.2 Å². The third kappa shape index (κ3) is 16.6. The van der Waals surface area contributed by atoms with E-state index in [9.17, 15) is 11.1 Å². The Balaban J connectivity index is 2.55. The highest BCUT2D eigenvalue weighted by atomic mass is 35.6. The predicted molar refractivity (Wildman–Crippen MR) is 439 cm³/mol. The van der Waals surface area contributed by atoms with Gasteiger partial charge in [0.25, 0.3) is 0 Å². The molecule has 0 bridgehead atoms. The van der Waals surface area contributed by atoms with E-state index in [1.54, 1.807) is 75.6 Å². The fraction of sp³-hybridized carbons (Fsp3) is 0.600. The maximum absolute atomic E-state index is 11.1. The lowest BCUT2D eigenvalue weighted by molar-refractivity contribution is 0.809. The van der Waals surface area contributed by atoms with Crippen molar-refractivity contribution in [3.63, 3.8) is 0 Å². The molecule has 0 spiro atoms. The van der Waals surface area contributed by atoms with Crippen molar-refractivity contribution in [2.24, 2.45) is 0 Å². The van der Waals surface area contributed by atoms with Gasteiger partial charge in [0.05, 0.1) is 0 Å². The summed E-state index contributed by atoms with van der Waals surface area (Å²) in [5.41, 5.74) is 27.6. The van der Waals surface area contributed by atoms with E-state index in [2.05, 4.69) is 322 Å². The van der Waals surface area contributed by atoms with Crippen molar-refractivity contribution in [1.82, 2.24) is 0 Å². The zero-order valence-electron chi connectivity index (χ0n) is 67.7. The Morgan fingerprint density at radius 1 is 0.200 bits per heavy atom. The van der Waals surface area contributed by atoms with Crippen molar-refractivity contribution in [2.45, 2.75) is 356 Å². The average molecular weight is 1370 g/mol. The second-order valence-electron chi connectivity index (χ2n) is 35.0. The Hall–Kier alpha value is -3.52. The molecule has 6 rings (SSSR count). The summed E-state index contributed by atoms with van der Waals surface area (Å²) >= 11 is 11.1. The molecule has 521 valence electrons. The molecule has 0 amide bonds. The quantitative estimate of drug-likeness (QED) is 0.0375. The third-order valence-corrected chi connectivity index (χ3v) is 57.6. The summed E-state index contributed by atoms with van der Waals surface area (Å²) in [6, 6.07) is 33.2. The smallest absolute Gasteiger partial charge is 0.155 e. The molecule has 0 atom stereocenters. The monoisotopic (exact) mass is 1370 g/mol. The van der Waals surface area contributed by atoms with Crippen LogP contribution in [-0.2, 0) is 0 Å². The fourth-order valence-electron chi connectivity index (χ4n) is 15.3. The summed E-state index contributed by atoms with van der Waals surface area (Å²) in [6.07, 6.45) is 0. The van der Waals surface area contributed by atoms with Crippen LogP contribution in [0.1, 0.15) is 456 Å². The lowest BCUT2D eigenvalue weighted by Gasteiger charge is -2.44. The van der Waals surface area contributed by atoms with E-state index in [1.165, 1.54) is 55.6 Å². The number of benzene rings is 6. The van der Waals surface area contributed by atoms with Gasteiger partial charge in [0.2, 0.25) is 6.90 Å². The first-order valence-electron chi connectivity index (χ1n) is 38.3. The van der Waals surface area contributed by atoms with Crippen molar-refractivity contribution in [1.29, 1.82) is 0 Å². The van der Waals surface area contributed by atoms with E-state index in [0.717, 1.165) is 0 Å². The highest BCUT2D eigenvalue weighted by molar-refractivity contribution is 7.75. The molecule has 5 heteroatoms. The van der Waals surface area contributed by atoms with Crippen molar-refractivity contribution in [3.8, 4) is 0 Å². The van der Waals surface area contributed by atoms with E-state index < -0.39 is 30.0 Å². The molecule has 1 radical (unpaired) electrons. The van der Waals surface area contributed by atoms with Gasteiger partial charge in [-0.1, -0.05) is 322 Å². The van der Waals surface area contributed by atoms with E-state index >= 15 is 0 Å². The molecule has 0 saturated heterocycles. The second-order valence-corrected chi connectivity index (χ2v) is 57.0. The zero-order valence-corrected chi connectivity index (χ0v) is 72.5. The van der Waals surface area contributed by atoms with Gasteiger partial charge in [-0.05, 0) is 238 Å². The van der Waals surface area contributed by atoms with Gasteiger partial charge in [-0.15, -0.1) is 0 Å². The molecule has 0 saturated carbocycles. The molecule has 0 N–H and O–H groups in total. The molecular weight excluding hydrogens is 1230 g/mol. The first kappa shape index (κ1) is 80.5. The third-order valence-electron chi connectivity index (χ3n) is 21.3. The summed E-state index contributed by atoms with van der Waals surface area (Å²) in [4.78, 5) is 0. The molecule has 6 aromatic rings. The molecule has 0 aliphatic heterocycles. The standard InChI is InChI=1S/C90H138ClSi4/c1-49(2)67-37-73(55(13)14)85(74(38-67)56(15)16)92(86-75(57(17)18)39-68(50(3)4)40-76(86)58(19)20)93(87-77(59(21)22)41-69(51(5)6)42-78(87)60(23)24)94(88-79(61(25)26)43-70(52(7)8)44-80(88)62(27)28)95(91,89-81(63(29)30)45-71(53(9)10)46-82(89)64(31)32)90-83(65(33)34)47-72(54(11)12)48-84(90)66(35)36/h37-66H,1-36H3/b94-93+. The van der Waals surface area contributed by atoms with Crippen molar-refractivity contribution in [3.05, 3.63) is 173 Å². The van der Waals surface area contributed by atoms with Gasteiger partial charge in [0, 0.05) is 14.8 Å². The predicted octanol–water partition coefficient (Wildman–Crippen LogP) is 24.6. The van der Waals surface area contributed by atoms with Gasteiger partial charge in [0.1, 0.15) is 8.31 Å². The maximum atomic E-state index is 11.1. The van der Waals surface area contributed by atoms with Crippen LogP contribution in [0.4, 0.5) is 0 Å². The topological polar surface area (TPSA) is 0 Å². The molecular formula is C90H138ClSi4. The van der Waals surface area contributed by atoms with Gasteiger partial charge in [-0.3, -0.25) is 0 Å². The van der Waals surface area contributed by atoms with E-state index in [4.69, 9.17) is 0 Å². The lowest BCUT2D eigenvalue weighted by Crippen LogP contribution is -2.76. The molecule has 0 fully saturated rings. The Labute approximate surface area is 596 Å². The fourth-order valence-corrected chi connectivity index (χ4v) is 69.1. The minimum Gasteiger partial charge on any atom is -0.155 e. The number of hydrogen-bond donors (Lipinski definition) is 0. The van der Waals surface area contributed by atoms with Crippen LogP contribution in [-0.4, -0.2) is 30.0 Å². The van der Waals surface area contributed by atoms with Crippen LogP contribution in [0.5, 0.6) is 0 Å². The molecule has 0 heterocycles. The van der Waals surface area contributed by atoms with Gasteiger partial charge in [-0.25, -0.2) is 0 Å². The zero-order chi connectivity index (χ0) is 72.0. The minimum absolute atomic E-state index is 0.225. The van der Waals surface area contributed by atoms with Crippen molar-refractivity contribution in [2.75, 3.05) is 0 Å². The number of rotatable bonds is 26. The van der Waals surface area contributed by atoms with Crippen LogP contribution >= 0.6 is 11.1 Å². The molecule has 95 heavy (non-hydrogen) atoms. The Morgan fingerprint density at radius 2 is 0.347 bits per heavy atom. The minimum atomic E-state index is -3.93. The molecule has 0 unspecified atom stereocenters. The molecule has 0 aliphatic rings. The average Bonchev–Trinajstić information content (AvgIpc) is 0.691. The normalized spacial score (nSPS) is 13.4. The maximum Gasteiger partial charge on any atom is 0.224 e. The van der Waals surface area contributed by atoms with E-state index in [1.807, 2.05) is 0 Å². The second kappa shape index (κ2) is 32.4. The van der Waals surface area contributed by atoms with Gasteiger partial charge >= 0.3 is 0 Å². The van der Waals surface area contributed by atoms with Gasteiger partial charge in [-0.2, -0.15) is 11.1 Å². The molecule has 0 aliphatic carbocycles. The Bertz CT molecular complexity index is 3350. The van der Waals surface area contributed by atoms with Crippen molar-refractivity contribution < 1.29 is 0 Å². The molecule has 0 nitrogen and oxygen atoms in total. The molecule has 0 aromatic heterocycles. The Morgan fingerprint density at radius 3 is 0.505 bits per heavy atom. The molecule has 6 aromatic carbocycles. The first-order chi connectivity index (χ1) is 43.9. The van der Waals surface area contributed by atoms with Crippen LogP contribution in [0.3, 0.4) is 0 Å². The van der Waals surface area contributed by atoms with E-state index in [-0.39, 0.29) is 71.0 Å². The first-order valence-corrected chi connectivity index (χ1v) is 48.9. The number of hydrogen-bond acceptors (Lipinski definition) is 0. The highest BCUT2D eigenvalue weighted by Crippen LogP contribution is 2.40. The summed E-state index contributed by atoms with van der Waals surface area (Å²) < 4.78 is 0. The lowest BCUT2D eigenvalue weighted by atomic mass is 9.89.